The summed E-state index contributed by atoms with van der Waals surface area (Å²) in [4.78, 5) is 12.5. The molecule has 1 aromatic carbocycles. The summed E-state index contributed by atoms with van der Waals surface area (Å²) in [5.74, 6) is 0.205. The van der Waals surface area contributed by atoms with Gasteiger partial charge in [-0.3, -0.25) is 4.79 Å². The van der Waals surface area contributed by atoms with Gasteiger partial charge in [0.1, 0.15) is 0 Å². The van der Waals surface area contributed by atoms with Crippen LogP contribution < -0.4 is 10.6 Å². The van der Waals surface area contributed by atoms with Crippen LogP contribution in [-0.4, -0.2) is 50.9 Å². The number of amides is 1. The molecule has 0 spiro atoms. The number of aryl methyl sites for hydroxylation is 1. The van der Waals surface area contributed by atoms with Gasteiger partial charge in [0, 0.05) is 19.6 Å². The number of piperidine rings is 1. The Balaban J connectivity index is 0.00000261. The second-order valence-corrected chi connectivity index (χ2v) is 9.20. The van der Waals surface area contributed by atoms with Crippen LogP contribution >= 0.6 is 12.4 Å². The molecule has 0 aliphatic carbocycles. The van der Waals surface area contributed by atoms with Gasteiger partial charge in [0.15, 0.2) is 0 Å². The molecule has 152 valence electrons. The summed E-state index contributed by atoms with van der Waals surface area (Å²) < 4.78 is 27.4. The highest BCUT2D eigenvalue weighted by molar-refractivity contribution is 7.89. The van der Waals surface area contributed by atoms with Crippen molar-refractivity contribution >= 4 is 28.3 Å². The minimum Gasteiger partial charge on any atom is -0.354 e. The molecule has 2 aliphatic rings. The lowest BCUT2D eigenvalue weighted by atomic mass is 9.99. The SMILES string of the molecule is CCc1ccc(S(=O)(=O)N2CCCC(CNC(=O)C3CCCN3)C2)cc1.Cl. The molecule has 2 atom stereocenters. The molecular formula is C19H30ClN3O3S. The van der Waals surface area contributed by atoms with Crippen LogP contribution in [0.4, 0.5) is 0 Å². The predicted octanol–water partition coefficient (Wildman–Crippen LogP) is 1.94. The van der Waals surface area contributed by atoms with Gasteiger partial charge in [-0.15, -0.1) is 12.4 Å². The van der Waals surface area contributed by atoms with Crippen molar-refractivity contribution in [1.82, 2.24) is 14.9 Å². The Morgan fingerprint density at radius 2 is 1.96 bits per heavy atom. The Hall–Kier alpha value is -1.15. The van der Waals surface area contributed by atoms with Gasteiger partial charge in [-0.2, -0.15) is 4.31 Å². The number of hydrogen-bond donors (Lipinski definition) is 2. The van der Waals surface area contributed by atoms with Gasteiger partial charge in [0.05, 0.1) is 10.9 Å². The first-order chi connectivity index (χ1) is 12.5. The largest absolute Gasteiger partial charge is 0.354 e. The number of benzene rings is 1. The molecule has 3 rings (SSSR count). The minimum absolute atomic E-state index is 0. The molecule has 2 saturated heterocycles. The zero-order valence-corrected chi connectivity index (χ0v) is 17.4. The molecule has 0 bridgehead atoms. The second kappa shape index (κ2) is 9.87. The van der Waals surface area contributed by atoms with E-state index in [1.54, 1.807) is 16.4 Å². The Bertz CT molecular complexity index is 718. The molecule has 2 aliphatic heterocycles. The van der Waals surface area contributed by atoms with Crippen LogP contribution in [-0.2, 0) is 21.2 Å². The third-order valence-electron chi connectivity index (χ3n) is 5.39. The van der Waals surface area contributed by atoms with E-state index in [1.807, 2.05) is 19.1 Å². The number of halogens is 1. The lowest BCUT2D eigenvalue weighted by Gasteiger charge is -2.32. The molecule has 6 nitrogen and oxygen atoms in total. The summed E-state index contributed by atoms with van der Waals surface area (Å²) in [6, 6.07) is 7.07. The average Bonchev–Trinajstić information content (AvgIpc) is 3.21. The van der Waals surface area contributed by atoms with Gasteiger partial charge in [0.2, 0.25) is 15.9 Å². The Labute approximate surface area is 168 Å². The van der Waals surface area contributed by atoms with Crippen LogP contribution in [0.25, 0.3) is 0 Å². The van der Waals surface area contributed by atoms with Crippen LogP contribution in [0.3, 0.4) is 0 Å². The normalized spacial score (nSPS) is 23.6. The van der Waals surface area contributed by atoms with E-state index in [9.17, 15) is 13.2 Å². The summed E-state index contributed by atoms with van der Waals surface area (Å²) in [5, 5.41) is 6.19. The van der Waals surface area contributed by atoms with Crippen molar-refractivity contribution in [3.8, 4) is 0 Å². The standard InChI is InChI=1S/C19H29N3O3S.ClH/c1-2-15-7-9-17(10-8-15)26(24,25)22-12-4-5-16(14-22)13-21-19(23)18-6-3-11-20-18;/h7-10,16,18,20H,2-6,11-14H2,1H3,(H,21,23);1H. The highest BCUT2D eigenvalue weighted by Crippen LogP contribution is 2.24. The van der Waals surface area contributed by atoms with E-state index in [2.05, 4.69) is 10.6 Å². The van der Waals surface area contributed by atoms with E-state index in [1.165, 1.54) is 0 Å². The molecular weight excluding hydrogens is 386 g/mol. The monoisotopic (exact) mass is 415 g/mol. The summed E-state index contributed by atoms with van der Waals surface area (Å²) in [6.07, 6.45) is 4.57. The third-order valence-corrected chi connectivity index (χ3v) is 7.27. The van der Waals surface area contributed by atoms with E-state index >= 15 is 0 Å². The Kier molecular flexibility index (Phi) is 8.09. The van der Waals surface area contributed by atoms with Crippen molar-refractivity contribution < 1.29 is 13.2 Å². The molecule has 27 heavy (non-hydrogen) atoms. The number of carbonyl (C=O) groups is 1. The van der Waals surface area contributed by atoms with Crippen molar-refractivity contribution in [2.45, 2.75) is 50.0 Å². The Morgan fingerprint density at radius 1 is 1.22 bits per heavy atom. The fraction of sp³-hybridized carbons (Fsp3) is 0.632. The first-order valence-electron chi connectivity index (χ1n) is 9.61. The molecule has 1 amide bonds. The van der Waals surface area contributed by atoms with Gasteiger partial charge in [-0.1, -0.05) is 19.1 Å². The predicted molar refractivity (Wildman–Crippen MR) is 109 cm³/mol. The molecule has 0 radical (unpaired) electrons. The number of rotatable bonds is 6. The van der Waals surface area contributed by atoms with E-state index in [0.29, 0.717) is 24.5 Å². The maximum atomic E-state index is 12.9. The lowest BCUT2D eigenvalue weighted by Crippen LogP contribution is -2.46. The van der Waals surface area contributed by atoms with Crippen molar-refractivity contribution in [2.24, 2.45) is 5.92 Å². The Morgan fingerprint density at radius 3 is 2.59 bits per heavy atom. The second-order valence-electron chi connectivity index (χ2n) is 7.26. The number of sulfonamides is 1. The topological polar surface area (TPSA) is 78.5 Å². The van der Waals surface area contributed by atoms with Crippen LogP contribution in [0.1, 0.15) is 38.2 Å². The minimum atomic E-state index is -3.47. The zero-order chi connectivity index (χ0) is 18.6. The number of carbonyl (C=O) groups excluding carboxylic acids is 1. The molecule has 0 saturated carbocycles. The van der Waals surface area contributed by atoms with Crippen molar-refractivity contribution in [1.29, 1.82) is 0 Å². The lowest BCUT2D eigenvalue weighted by molar-refractivity contribution is -0.123. The van der Waals surface area contributed by atoms with Gasteiger partial charge < -0.3 is 10.6 Å². The van der Waals surface area contributed by atoms with Gasteiger partial charge in [0.25, 0.3) is 0 Å². The summed E-state index contributed by atoms with van der Waals surface area (Å²) in [5.41, 5.74) is 1.13. The number of nitrogens with zero attached hydrogens (tertiary/aromatic N) is 1. The fourth-order valence-corrected chi connectivity index (χ4v) is 5.29. The molecule has 2 unspecified atom stereocenters. The molecule has 8 heteroatoms. The highest BCUT2D eigenvalue weighted by atomic mass is 35.5. The summed E-state index contributed by atoms with van der Waals surface area (Å²) in [7, 11) is -3.47. The van der Waals surface area contributed by atoms with E-state index in [4.69, 9.17) is 0 Å². The van der Waals surface area contributed by atoms with Gasteiger partial charge in [-0.25, -0.2) is 8.42 Å². The summed E-state index contributed by atoms with van der Waals surface area (Å²) in [6.45, 7) is 4.50. The quantitative estimate of drug-likeness (QED) is 0.744. The highest BCUT2D eigenvalue weighted by Gasteiger charge is 2.31. The van der Waals surface area contributed by atoms with Crippen LogP contribution in [0.2, 0.25) is 0 Å². The maximum Gasteiger partial charge on any atom is 0.243 e. The van der Waals surface area contributed by atoms with Crippen molar-refractivity contribution in [3.63, 3.8) is 0 Å². The van der Waals surface area contributed by atoms with Gasteiger partial charge >= 0.3 is 0 Å². The molecule has 1 aromatic rings. The maximum absolute atomic E-state index is 12.9. The first-order valence-corrected chi connectivity index (χ1v) is 11.0. The van der Waals surface area contributed by atoms with E-state index in [0.717, 1.165) is 44.2 Å². The smallest absolute Gasteiger partial charge is 0.243 e. The van der Waals surface area contributed by atoms with Crippen LogP contribution in [0.15, 0.2) is 29.2 Å². The summed E-state index contributed by atoms with van der Waals surface area (Å²) >= 11 is 0. The van der Waals surface area contributed by atoms with Crippen LogP contribution in [0.5, 0.6) is 0 Å². The third kappa shape index (κ3) is 5.44. The van der Waals surface area contributed by atoms with Crippen molar-refractivity contribution in [3.05, 3.63) is 29.8 Å². The molecule has 0 aromatic heterocycles. The zero-order valence-electron chi connectivity index (χ0n) is 15.8. The molecule has 2 heterocycles. The van der Waals surface area contributed by atoms with E-state index < -0.39 is 10.0 Å². The van der Waals surface area contributed by atoms with Gasteiger partial charge in [-0.05, 0) is 62.3 Å². The molecule has 2 fully saturated rings. The first kappa shape index (κ1) is 22.1. The number of hydrogen-bond acceptors (Lipinski definition) is 4. The van der Waals surface area contributed by atoms with Crippen molar-refractivity contribution in [2.75, 3.05) is 26.2 Å². The van der Waals surface area contributed by atoms with E-state index in [-0.39, 0.29) is 30.3 Å². The average molecular weight is 416 g/mol. The van der Waals surface area contributed by atoms with Crippen LogP contribution in [0, 0.1) is 5.92 Å². The number of nitrogens with one attached hydrogen (secondary N) is 2. The fourth-order valence-electron chi connectivity index (χ4n) is 3.73. The molecule has 2 N–H and O–H groups in total.